The number of nitrogens with two attached hydrogens (primary N) is 1. The van der Waals surface area contributed by atoms with Crippen LogP contribution in [0.4, 0.5) is 10.2 Å². The number of fused-ring (bicyclic) bond motifs is 1. The van der Waals surface area contributed by atoms with Crippen molar-refractivity contribution in [2.75, 3.05) is 11.9 Å². The molecule has 6 nitrogen and oxygen atoms in total. The number of amides is 1. The Labute approximate surface area is 170 Å². The van der Waals surface area contributed by atoms with Gasteiger partial charge in [-0.1, -0.05) is 19.3 Å². The molecular formula is C22H28FN5O. The molecule has 0 radical (unpaired) electrons. The highest BCUT2D eigenvalue weighted by atomic mass is 19.1. The summed E-state index contributed by atoms with van der Waals surface area (Å²) in [6.07, 6.45) is 9.57. The topological polar surface area (TPSA) is 76.2 Å². The molecule has 0 spiro atoms. The molecule has 1 aliphatic heterocycles. The van der Waals surface area contributed by atoms with Gasteiger partial charge in [0.1, 0.15) is 28.7 Å². The minimum absolute atomic E-state index is 0.0630. The molecule has 7 heteroatoms. The largest absolute Gasteiger partial charge is 0.367 e. The molecule has 2 heterocycles. The number of benzene rings is 1. The lowest BCUT2D eigenvalue weighted by Gasteiger charge is -2.38. The number of nitrogens with zero attached hydrogens (tertiary/aromatic N) is 3. The Morgan fingerprint density at radius 1 is 1.21 bits per heavy atom. The maximum atomic E-state index is 13.5. The van der Waals surface area contributed by atoms with Gasteiger partial charge in [-0.2, -0.15) is 0 Å². The van der Waals surface area contributed by atoms with Crippen molar-refractivity contribution in [3.63, 3.8) is 0 Å². The maximum Gasteiger partial charge on any atom is 0.241 e. The Morgan fingerprint density at radius 2 is 1.90 bits per heavy atom. The number of carbonyl (C=O) groups excluding carboxylic acids is 1. The Bertz CT molecular complexity index is 925. The first-order chi connectivity index (χ1) is 13.9. The van der Waals surface area contributed by atoms with Gasteiger partial charge >= 0.3 is 0 Å². The summed E-state index contributed by atoms with van der Waals surface area (Å²) in [6, 6.07) is 6.76. The molecule has 1 amide bonds. The van der Waals surface area contributed by atoms with E-state index in [4.69, 9.17) is 10.7 Å². The lowest BCUT2D eigenvalue weighted by Crippen LogP contribution is -2.47. The van der Waals surface area contributed by atoms with Gasteiger partial charge in [0.2, 0.25) is 5.91 Å². The summed E-state index contributed by atoms with van der Waals surface area (Å²) in [5, 5.41) is 3.69. The second-order valence-corrected chi connectivity index (χ2v) is 8.31. The van der Waals surface area contributed by atoms with E-state index in [1.165, 1.54) is 31.4 Å². The van der Waals surface area contributed by atoms with Gasteiger partial charge < -0.3 is 16.0 Å². The van der Waals surface area contributed by atoms with Crippen LogP contribution >= 0.6 is 0 Å². The summed E-state index contributed by atoms with van der Waals surface area (Å²) in [7, 11) is 0. The molecule has 29 heavy (non-hydrogen) atoms. The first kappa shape index (κ1) is 19.6. The first-order valence-electron chi connectivity index (χ1n) is 10.3. The molecule has 1 aromatic heterocycles. The average Bonchev–Trinajstić information content (AvgIpc) is 3.08. The van der Waals surface area contributed by atoms with Crippen LogP contribution < -0.4 is 11.1 Å². The zero-order chi connectivity index (χ0) is 20.6. The third-order valence-electron chi connectivity index (χ3n) is 5.93. The standard InChI is InChI=1S/C22H28FN5O/c1-22(2)21-26-19(15-8-10-16(23)11-9-15)20(25-17-6-4-3-5-7-17)27(21)12-13-28(22)18(29)14-24/h8-13,17,25H,3-7,14,24H2,1-2H3. The third kappa shape index (κ3) is 3.55. The molecule has 0 bridgehead atoms. The normalized spacial score (nSPS) is 18.6. The van der Waals surface area contributed by atoms with Gasteiger partial charge in [0, 0.05) is 24.0 Å². The minimum atomic E-state index is -0.660. The Kier molecular flexibility index (Phi) is 5.17. The van der Waals surface area contributed by atoms with Crippen molar-refractivity contribution >= 4 is 17.9 Å². The van der Waals surface area contributed by atoms with Crippen LogP contribution in [0.5, 0.6) is 0 Å². The smallest absolute Gasteiger partial charge is 0.241 e. The number of halogens is 1. The van der Waals surface area contributed by atoms with E-state index in [-0.39, 0.29) is 18.3 Å². The summed E-state index contributed by atoms with van der Waals surface area (Å²) in [5.74, 6) is 1.20. The predicted octanol–water partition coefficient (Wildman–Crippen LogP) is 3.90. The molecule has 1 saturated carbocycles. The predicted molar refractivity (Wildman–Crippen MR) is 112 cm³/mol. The number of nitrogens with one attached hydrogen (secondary N) is 1. The minimum Gasteiger partial charge on any atom is -0.367 e. The lowest BCUT2D eigenvalue weighted by molar-refractivity contribution is -0.132. The highest BCUT2D eigenvalue weighted by Gasteiger charge is 2.39. The van der Waals surface area contributed by atoms with E-state index in [0.717, 1.165) is 35.7 Å². The molecule has 1 aliphatic carbocycles. The number of anilines is 1. The SMILES string of the molecule is CC1(C)c2nc(-c3ccc(F)cc3)c(NC3CCCCC3)n2C=CN1C(=O)CN. The van der Waals surface area contributed by atoms with Crippen molar-refractivity contribution in [1.29, 1.82) is 0 Å². The van der Waals surface area contributed by atoms with Crippen LogP contribution in [0, 0.1) is 5.82 Å². The van der Waals surface area contributed by atoms with Crippen LogP contribution in [-0.4, -0.2) is 32.9 Å². The molecule has 2 aliphatic rings. The summed E-state index contributed by atoms with van der Waals surface area (Å²) in [6.45, 7) is 3.86. The number of carbonyl (C=O) groups is 1. The van der Waals surface area contributed by atoms with Gasteiger partial charge in [-0.3, -0.25) is 9.36 Å². The van der Waals surface area contributed by atoms with E-state index < -0.39 is 5.54 Å². The van der Waals surface area contributed by atoms with Crippen molar-refractivity contribution in [2.24, 2.45) is 5.73 Å². The fraction of sp³-hybridized carbons (Fsp3) is 0.455. The number of hydrogen-bond acceptors (Lipinski definition) is 4. The Balaban J connectivity index is 1.81. The number of rotatable bonds is 4. The van der Waals surface area contributed by atoms with E-state index in [2.05, 4.69) is 5.32 Å². The van der Waals surface area contributed by atoms with Crippen LogP contribution in [0.3, 0.4) is 0 Å². The Morgan fingerprint density at radius 3 is 2.55 bits per heavy atom. The monoisotopic (exact) mass is 397 g/mol. The number of hydrogen-bond donors (Lipinski definition) is 2. The summed E-state index contributed by atoms with van der Waals surface area (Å²) >= 11 is 0. The van der Waals surface area contributed by atoms with Crippen LogP contribution in [-0.2, 0) is 10.3 Å². The van der Waals surface area contributed by atoms with Crippen molar-refractivity contribution in [2.45, 2.75) is 57.5 Å². The van der Waals surface area contributed by atoms with Gasteiger partial charge in [0.25, 0.3) is 0 Å². The second-order valence-electron chi connectivity index (χ2n) is 8.31. The zero-order valence-corrected chi connectivity index (χ0v) is 17.0. The van der Waals surface area contributed by atoms with Gasteiger partial charge in [-0.05, 0) is 51.0 Å². The summed E-state index contributed by atoms with van der Waals surface area (Å²) < 4.78 is 15.5. The van der Waals surface area contributed by atoms with E-state index in [1.54, 1.807) is 23.2 Å². The van der Waals surface area contributed by atoms with Gasteiger partial charge in [-0.25, -0.2) is 9.37 Å². The van der Waals surface area contributed by atoms with Crippen LogP contribution in [0.1, 0.15) is 51.8 Å². The van der Waals surface area contributed by atoms with E-state index in [0.29, 0.717) is 6.04 Å². The third-order valence-corrected chi connectivity index (χ3v) is 5.93. The van der Waals surface area contributed by atoms with E-state index in [1.807, 2.05) is 24.6 Å². The van der Waals surface area contributed by atoms with Gasteiger partial charge in [0.15, 0.2) is 0 Å². The van der Waals surface area contributed by atoms with E-state index in [9.17, 15) is 9.18 Å². The average molecular weight is 397 g/mol. The van der Waals surface area contributed by atoms with Crippen molar-refractivity contribution in [3.05, 3.63) is 42.1 Å². The summed E-state index contributed by atoms with van der Waals surface area (Å²) in [4.78, 5) is 18.9. The molecule has 0 atom stereocenters. The number of imidazole rings is 1. The fourth-order valence-electron chi connectivity index (χ4n) is 4.32. The molecule has 2 aromatic rings. The molecule has 3 N–H and O–H groups in total. The molecule has 1 fully saturated rings. The van der Waals surface area contributed by atoms with Gasteiger partial charge in [0.05, 0.1) is 6.54 Å². The fourth-order valence-corrected chi connectivity index (χ4v) is 4.32. The van der Waals surface area contributed by atoms with Crippen molar-refractivity contribution in [3.8, 4) is 11.3 Å². The Hall–Kier alpha value is -2.67. The maximum absolute atomic E-state index is 13.5. The molecular weight excluding hydrogens is 369 g/mol. The van der Waals surface area contributed by atoms with Crippen molar-refractivity contribution < 1.29 is 9.18 Å². The van der Waals surface area contributed by atoms with Crippen LogP contribution in [0.15, 0.2) is 30.5 Å². The van der Waals surface area contributed by atoms with Gasteiger partial charge in [-0.15, -0.1) is 0 Å². The van der Waals surface area contributed by atoms with Crippen LogP contribution in [0.2, 0.25) is 0 Å². The first-order valence-corrected chi connectivity index (χ1v) is 10.3. The van der Waals surface area contributed by atoms with Crippen molar-refractivity contribution in [1.82, 2.24) is 14.5 Å². The molecule has 0 saturated heterocycles. The highest BCUT2D eigenvalue weighted by Crippen LogP contribution is 2.39. The van der Waals surface area contributed by atoms with E-state index >= 15 is 0 Å². The van der Waals surface area contributed by atoms with Crippen LogP contribution in [0.25, 0.3) is 17.5 Å². The molecule has 154 valence electrons. The summed E-state index contributed by atoms with van der Waals surface area (Å²) in [5.41, 5.74) is 6.56. The zero-order valence-electron chi connectivity index (χ0n) is 17.0. The molecule has 4 rings (SSSR count). The molecule has 0 unspecified atom stereocenters. The number of aromatic nitrogens is 2. The molecule has 1 aromatic carbocycles. The quantitative estimate of drug-likeness (QED) is 0.820. The lowest BCUT2D eigenvalue weighted by atomic mass is 9.95. The highest BCUT2D eigenvalue weighted by molar-refractivity contribution is 5.82. The second kappa shape index (κ2) is 7.63.